The van der Waals surface area contributed by atoms with Crippen LogP contribution in [0, 0.1) is 0 Å². The van der Waals surface area contributed by atoms with E-state index in [0.717, 1.165) is 0 Å². The van der Waals surface area contributed by atoms with Crippen LogP contribution in [-0.2, 0) is 4.74 Å². The molecular formula is C16H19N3O5S. The van der Waals surface area contributed by atoms with E-state index in [1.165, 1.54) is 9.80 Å². The molecule has 0 radical (unpaired) electrons. The molecule has 2 heterocycles. The van der Waals surface area contributed by atoms with Crippen molar-refractivity contribution in [3.63, 3.8) is 0 Å². The molecule has 2 aliphatic rings. The highest BCUT2D eigenvalue weighted by molar-refractivity contribution is 7.80. The Labute approximate surface area is 150 Å². The van der Waals surface area contributed by atoms with Crippen LogP contribution in [0.3, 0.4) is 0 Å². The van der Waals surface area contributed by atoms with E-state index in [-0.39, 0.29) is 18.8 Å². The Kier molecular flexibility index (Phi) is 4.67. The second kappa shape index (κ2) is 6.75. The van der Waals surface area contributed by atoms with Gasteiger partial charge in [0.15, 0.2) is 0 Å². The van der Waals surface area contributed by atoms with E-state index in [2.05, 4.69) is 5.32 Å². The molecule has 0 unspecified atom stereocenters. The lowest BCUT2D eigenvalue weighted by atomic mass is 10.1. The Balaban J connectivity index is 1.79. The molecule has 134 valence electrons. The lowest BCUT2D eigenvalue weighted by Gasteiger charge is -2.33. The van der Waals surface area contributed by atoms with E-state index in [9.17, 15) is 14.7 Å². The molecule has 0 spiro atoms. The van der Waals surface area contributed by atoms with Crippen LogP contribution < -0.4 is 19.9 Å². The Bertz CT molecular complexity index is 726. The fraction of sp³-hybridized carbons (Fsp3) is 0.438. The SMILES string of the molecule is CC(=S)NC[C@H]1CN(c2ccc3c(c2)OC[C@@H](C)N3C(=O)O)C(=O)O1. The molecule has 1 fully saturated rings. The van der Waals surface area contributed by atoms with Gasteiger partial charge in [-0.2, -0.15) is 0 Å². The number of rotatable bonds is 3. The Morgan fingerprint density at radius 2 is 2.24 bits per heavy atom. The fourth-order valence-corrected chi connectivity index (χ4v) is 2.98. The van der Waals surface area contributed by atoms with Gasteiger partial charge in [-0.1, -0.05) is 12.2 Å². The highest BCUT2D eigenvalue weighted by atomic mass is 32.1. The first-order valence-corrected chi connectivity index (χ1v) is 8.29. The number of carbonyl (C=O) groups is 2. The zero-order valence-corrected chi connectivity index (χ0v) is 14.7. The molecule has 1 aromatic rings. The van der Waals surface area contributed by atoms with Crippen LogP contribution in [0.4, 0.5) is 21.0 Å². The summed E-state index contributed by atoms with van der Waals surface area (Å²) in [5.41, 5.74) is 1.07. The van der Waals surface area contributed by atoms with Crippen LogP contribution in [0.25, 0.3) is 0 Å². The molecule has 9 heteroatoms. The first-order valence-electron chi connectivity index (χ1n) is 7.88. The van der Waals surface area contributed by atoms with Crippen LogP contribution >= 0.6 is 12.2 Å². The summed E-state index contributed by atoms with van der Waals surface area (Å²) in [5.74, 6) is 0.433. The molecule has 2 atom stereocenters. The lowest BCUT2D eigenvalue weighted by Crippen LogP contribution is -2.44. The van der Waals surface area contributed by atoms with Crippen molar-refractivity contribution in [2.45, 2.75) is 26.0 Å². The van der Waals surface area contributed by atoms with Gasteiger partial charge in [0, 0.05) is 6.07 Å². The molecule has 0 aliphatic carbocycles. The van der Waals surface area contributed by atoms with Crippen molar-refractivity contribution < 1.29 is 24.2 Å². The minimum Gasteiger partial charge on any atom is -0.489 e. The van der Waals surface area contributed by atoms with Crippen LogP contribution in [0.15, 0.2) is 18.2 Å². The van der Waals surface area contributed by atoms with Crippen molar-refractivity contribution in [3.05, 3.63) is 18.2 Å². The summed E-state index contributed by atoms with van der Waals surface area (Å²) in [7, 11) is 0. The number of benzene rings is 1. The normalized spacial score (nSPS) is 22.1. The third kappa shape index (κ3) is 3.46. The number of hydrogen-bond acceptors (Lipinski definition) is 5. The standard InChI is InChI=1S/C16H19N3O5S/c1-9-8-23-14-5-11(3-4-13(14)19(9)15(20)21)18-7-12(24-16(18)22)6-17-10(2)25/h3-5,9,12H,6-8H2,1-2H3,(H,17,25)(H,20,21)/t9-,12+/m1/s1. The average Bonchev–Trinajstić information content (AvgIpc) is 2.93. The van der Waals surface area contributed by atoms with Gasteiger partial charge in [-0.05, 0) is 26.0 Å². The predicted molar refractivity (Wildman–Crippen MR) is 95.8 cm³/mol. The maximum absolute atomic E-state index is 12.1. The number of amides is 2. The summed E-state index contributed by atoms with van der Waals surface area (Å²) in [5, 5.41) is 12.4. The second-order valence-corrected chi connectivity index (χ2v) is 6.63. The van der Waals surface area contributed by atoms with Crippen molar-refractivity contribution >= 4 is 40.8 Å². The van der Waals surface area contributed by atoms with E-state index in [1.807, 2.05) is 0 Å². The molecule has 2 amide bonds. The monoisotopic (exact) mass is 365 g/mol. The van der Waals surface area contributed by atoms with Gasteiger partial charge in [-0.3, -0.25) is 9.80 Å². The smallest absolute Gasteiger partial charge is 0.414 e. The highest BCUT2D eigenvalue weighted by Crippen LogP contribution is 2.38. The van der Waals surface area contributed by atoms with Crippen LogP contribution in [0.2, 0.25) is 0 Å². The number of nitrogens with one attached hydrogen (secondary N) is 1. The summed E-state index contributed by atoms with van der Waals surface area (Å²) in [6, 6.07) is 4.73. The molecule has 3 rings (SSSR count). The van der Waals surface area contributed by atoms with Crippen molar-refractivity contribution in [2.24, 2.45) is 0 Å². The van der Waals surface area contributed by atoms with Gasteiger partial charge in [0.25, 0.3) is 0 Å². The van der Waals surface area contributed by atoms with Gasteiger partial charge < -0.3 is 19.9 Å². The Morgan fingerprint density at radius 3 is 2.92 bits per heavy atom. The summed E-state index contributed by atoms with van der Waals surface area (Å²) >= 11 is 4.96. The number of carboxylic acid groups (broad SMARTS) is 1. The molecule has 0 aromatic heterocycles. The third-order valence-electron chi connectivity index (χ3n) is 4.09. The average molecular weight is 365 g/mol. The van der Waals surface area contributed by atoms with E-state index in [0.29, 0.717) is 35.2 Å². The fourth-order valence-electron chi connectivity index (χ4n) is 2.90. The maximum Gasteiger partial charge on any atom is 0.414 e. The summed E-state index contributed by atoms with van der Waals surface area (Å²) in [6.45, 7) is 4.63. The van der Waals surface area contributed by atoms with Crippen LogP contribution in [0.5, 0.6) is 5.75 Å². The number of thiocarbonyl (C=S) groups is 1. The first-order chi connectivity index (χ1) is 11.9. The summed E-state index contributed by atoms with van der Waals surface area (Å²) in [4.78, 5) is 27.0. The van der Waals surface area contributed by atoms with Crippen molar-refractivity contribution in [1.29, 1.82) is 0 Å². The van der Waals surface area contributed by atoms with Gasteiger partial charge in [-0.15, -0.1) is 0 Å². The van der Waals surface area contributed by atoms with Crippen molar-refractivity contribution in [3.8, 4) is 5.75 Å². The van der Waals surface area contributed by atoms with E-state index >= 15 is 0 Å². The topological polar surface area (TPSA) is 91.3 Å². The molecule has 8 nitrogen and oxygen atoms in total. The van der Waals surface area contributed by atoms with E-state index in [1.54, 1.807) is 32.0 Å². The number of anilines is 2. The van der Waals surface area contributed by atoms with Gasteiger partial charge >= 0.3 is 12.2 Å². The number of cyclic esters (lactones) is 1. The zero-order chi connectivity index (χ0) is 18.1. The van der Waals surface area contributed by atoms with E-state index in [4.69, 9.17) is 21.7 Å². The minimum absolute atomic E-state index is 0.258. The maximum atomic E-state index is 12.1. The van der Waals surface area contributed by atoms with Crippen molar-refractivity contribution in [1.82, 2.24) is 5.32 Å². The van der Waals surface area contributed by atoms with Crippen LogP contribution in [0.1, 0.15) is 13.8 Å². The van der Waals surface area contributed by atoms with Gasteiger partial charge in [0.1, 0.15) is 18.5 Å². The van der Waals surface area contributed by atoms with Crippen LogP contribution in [-0.4, -0.2) is 54.1 Å². The molecule has 2 aliphatic heterocycles. The number of hydrogen-bond donors (Lipinski definition) is 2. The molecule has 2 N–H and O–H groups in total. The quantitative estimate of drug-likeness (QED) is 0.794. The number of nitrogens with zero attached hydrogens (tertiary/aromatic N) is 2. The molecular weight excluding hydrogens is 346 g/mol. The summed E-state index contributed by atoms with van der Waals surface area (Å²) < 4.78 is 11.0. The molecule has 1 aromatic carbocycles. The molecule has 25 heavy (non-hydrogen) atoms. The van der Waals surface area contributed by atoms with Crippen molar-refractivity contribution in [2.75, 3.05) is 29.5 Å². The number of fused-ring (bicyclic) bond motifs is 1. The number of ether oxygens (including phenoxy) is 2. The molecule has 1 saturated heterocycles. The van der Waals surface area contributed by atoms with Gasteiger partial charge in [0.2, 0.25) is 0 Å². The minimum atomic E-state index is -1.04. The van der Waals surface area contributed by atoms with E-state index < -0.39 is 12.2 Å². The lowest BCUT2D eigenvalue weighted by molar-refractivity contribution is 0.143. The number of carbonyl (C=O) groups excluding carboxylic acids is 1. The largest absolute Gasteiger partial charge is 0.489 e. The Hall–Kier alpha value is -2.55. The first kappa shape index (κ1) is 17.3. The summed E-state index contributed by atoms with van der Waals surface area (Å²) in [6.07, 6.45) is -1.79. The zero-order valence-electron chi connectivity index (χ0n) is 13.9. The molecule has 0 saturated carbocycles. The highest BCUT2D eigenvalue weighted by Gasteiger charge is 2.34. The van der Waals surface area contributed by atoms with Gasteiger partial charge in [-0.25, -0.2) is 9.59 Å². The molecule has 0 bridgehead atoms. The Morgan fingerprint density at radius 1 is 1.48 bits per heavy atom. The second-order valence-electron chi connectivity index (χ2n) is 6.02. The predicted octanol–water partition coefficient (Wildman–Crippen LogP) is 2.21. The third-order valence-corrected chi connectivity index (χ3v) is 4.24. The van der Waals surface area contributed by atoms with Gasteiger partial charge in [0.05, 0.1) is 35.5 Å².